The minimum Gasteiger partial charge on any atom is -0.497 e. The number of methoxy groups -OCH3 is 1. The fourth-order valence-electron chi connectivity index (χ4n) is 3.07. The van der Waals surface area contributed by atoms with Gasteiger partial charge in [0.2, 0.25) is 0 Å². The van der Waals surface area contributed by atoms with Crippen molar-refractivity contribution in [1.29, 1.82) is 0 Å². The number of ether oxygens (including phenoxy) is 4. The lowest BCUT2D eigenvalue weighted by Gasteiger charge is -2.39. The second kappa shape index (κ2) is 12.6. The van der Waals surface area contributed by atoms with E-state index >= 15 is 0 Å². The van der Waals surface area contributed by atoms with Gasteiger partial charge in [-0.2, -0.15) is 0 Å². The maximum absolute atomic E-state index is 13.1. The SMILES string of the molecule is C/C=C/[C@H](COCc1ccc(OC)cc1)C(O[Si](C)(C)C)(C(=O)OCC)C(=O)OCC. The summed E-state index contributed by atoms with van der Waals surface area (Å²) >= 11 is 0. The van der Waals surface area contributed by atoms with Crippen LogP contribution in [0.15, 0.2) is 36.4 Å². The monoisotopic (exact) mass is 452 g/mol. The summed E-state index contributed by atoms with van der Waals surface area (Å²) in [6, 6.07) is 7.48. The zero-order valence-electron chi connectivity index (χ0n) is 19.7. The van der Waals surface area contributed by atoms with Crippen LogP contribution < -0.4 is 4.74 Å². The Morgan fingerprint density at radius 2 is 1.58 bits per heavy atom. The van der Waals surface area contributed by atoms with Gasteiger partial charge in [0.25, 0.3) is 5.60 Å². The molecule has 0 spiro atoms. The summed E-state index contributed by atoms with van der Waals surface area (Å²) in [6.45, 7) is 11.5. The maximum Gasteiger partial charge on any atom is 0.349 e. The van der Waals surface area contributed by atoms with Gasteiger partial charge >= 0.3 is 11.9 Å². The van der Waals surface area contributed by atoms with Crippen LogP contribution in [-0.2, 0) is 34.8 Å². The molecule has 8 heteroatoms. The fourth-order valence-corrected chi connectivity index (χ4v) is 4.35. The van der Waals surface area contributed by atoms with Crippen molar-refractivity contribution in [3.05, 3.63) is 42.0 Å². The van der Waals surface area contributed by atoms with E-state index in [0.717, 1.165) is 11.3 Å². The van der Waals surface area contributed by atoms with E-state index < -0.39 is 31.8 Å². The molecule has 0 N–H and O–H groups in total. The Bertz CT molecular complexity index is 704. The third-order valence-electron chi connectivity index (χ3n) is 4.30. The highest BCUT2D eigenvalue weighted by Gasteiger charge is 2.57. The van der Waals surface area contributed by atoms with Crippen molar-refractivity contribution in [2.24, 2.45) is 5.92 Å². The van der Waals surface area contributed by atoms with Crippen molar-refractivity contribution in [2.75, 3.05) is 26.9 Å². The lowest BCUT2D eigenvalue weighted by Crippen LogP contribution is -2.61. The molecule has 0 amide bonds. The molecular weight excluding hydrogens is 416 g/mol. The predicted molar refractivity (Wildman–Crippen MR) is 121 cm³/mol. The van der Waals surface area contributed by atoms with Crippen molar-refractivity contribution in [1.82, 2.24) is 0 Å². The highest BCUT2D eigenvalue weighted by molar-refractivity contribution is 6.70. The molecule has 174 valence electrons. The Morgan fingerprint density at radius 3 is 2.00 bits per heavy atom. The van der Waals surface area contributed by atoms with Gasteiger partial charge in [0.05, 0.1) is 39.5 Å². The Morgan fingerprint density at radius 1 is 1.03 bits per heavy atom. The van der Waals surface area contributed by atoms with Gasteiger partial charge in [-0.05, 0) is 58.1 Å². The second-order valence-electron chi connectivity index (χ2n) is 7.89. The normalized spacial score (nSPS) is 13.1. The summed E-state index contributed by atoms with van der Waals surface area (Å²) in [5, 5.41) is 0. The predicted octanol–water partition coefficient (Wildman–Crippen LogP) is 4.12. The number of allylic oxidation sites excluding steroid dienone is 1. The molecule has 1 aromatic carbocycles. The molecule has 0 aliphatic heterocycles. The molecule has 7 nitrogen and oxygen atoms in total. The summed E-state index contributed by atoms with van der Waals surface area (Å²) in [5.74, 6) is -1.48. The van der Waals surface area contributed by atoms with Crippen LogP contribution in [-0.4, -0.2) is 52.8 Å². The third-order valence-corrected chi connectivity index (χ3v) is 5.23. The number of esters is 2. The summed E-state index contributed by atoms with van der Waals surface area (Å²) in [4.78, 5) is 26.3. The van der Waals surface area contributed by atoms with Crippen LogP contribution in [0.1, 0.15) is 26.3 Å². The van der Waals surface area contributed by atoms with Crippen LogP contribution >= 0.6 is 0 Å². The van der Waals surface area contributed by atoms with Gasteiger partial charge in [0.1, 0.15) is 5.75 Å². The van der Waals surface area contributed by atoms with E-state index in [1.807, 2.05) is 50.8 Å². The first-order chi connectivity index (χ1) is 14.6. The summed E-state index contributed by atoms with van der Waals surface area (Å²) in [5.41, 5.74) is -0.993. The smallest absolute Gasteiger partial charge is 0.349 e. The number of benzene rings is 1. The van der Waals surface area contributed by atoms with Crippen molar-refractivity contribution in [2.45, 2.75) is 52.6 Å². The molecule has 0 bridgehead atoms. The number of hydrogen-bond donors (Lipinski definition) is 0. The van der Waals surface area contributed by atoms with Crippen LogP contribution in [0.2, 0.25) is 19.6 Å². The Hall–Kier alpha value is -2.16. The topological polar surface area (TPSA) is 80.3 Å². The first-order valence-electron chi connectivity index (χ1n) is 10.5. The van der Waals surface area contributed by atoms with E-state index in [0.29, 0.717) is 6.61 Å². The van der Waals surface area contributed by atoms with Gasteiger partial charge in [-0.15, -0.1) is 0 Å². The highest BCUT2D eigenvalue weighted by Crippen LogP contribution is 2.32. The lowest BCUT2D eigenvalue weighted by molar-refractivity contribution is -0.187. The summed E-state index contributed by atoms with van der Waals surface area (Å²) in [6.07, 6.45) is 3.50. The molecule has 0 fully saturated rings. The van der Waals surface area contributed by atoms with E-state index in [9.17, 15) is 9.59 Å². The number of carbonyl (C=O) groups excluding carboxylic acids is 2. The largest absolute Gasteiger partial charge is 0.497 e. The average molecular weight is 453 g/mol. The molecule has 0 aliphatic rings. The minimum absolute atomic E-state index is 0.0679. The lowest BCUT2D eigenvalue weighted by atomic mass is 9.87. The summed E-state index contributed by atoms with van der Waals surface area (Å²) < 4.78 is 27.9. The molecule has 0 saturated carbocycles. The minimum atomic E-state index is -2.39. The van der Waals surface area contributed by atoms with Crippen molar-refractivity contribution < 1.29 is 33.0 Å². The van der Waals surface area contributed by atoms with Crippen LogP contribution in [0.25, 0.3) is 0 Å². The average Bonchev–Trinajstić information content (AvgIpc) is 2.71. The van der Waals surface area contributed by atoms with Crippen LogP contribution in [0, 0.1) is 5.92 Å². The third kappa shape index (κ3) is 7.79. The Labute approximate surface area is 186 Å². The van der Waals surface area contributed by atoms with Gasteiger partial charge in [0.15, 0.2) is 8.32 Å². The van der Waals surface area contributed by atoms with Gasteiger partial charge in [-0.3, -0.25) is 0 Å². The summed E-state index contributed by atoms with van der Waals surface area (Å²) in [7, 11) is -0.780. The zero-order chi connectivity index (χ0) is 23.5. The zero-order valence-corrected chi connectivity index (χ0v) is 20.7. The molecule has 0 aromatic heterocycles. The van der Waals surface area contributed by atoms with Crippen molar-refractivity contribution in [3.8, 4) is 5.75 Å². The molecule has 0 heterocycles. The molecule has 0 aliphatic carbocycles. The van der Waals surface area contributed by atoms with Crippen LogP contribution in [0.5, 0.6) is 5.75 Å². The van der Waals surface area contributed by atoms with E-state index in [1.54, 1.807) is 33.1 Å². The Kier molecular flexibility index (Phi) is 11.0. The standard InChI is InChI=1S/C23H36O7Si/c1-8-11-19(17-27-16-18-12-14-20(26-4)15-13-18)23(21(24)28-9-2,22(25)29-10-3)30-31(5,6)7/h8,11-15,19H,9-10,16-17H2,1-7H3/b11-8+/t19-/m1/s1. The van der Waals surface area contributed by atoms with Crippen LogP contribution in [0.3, 0.4) is 0 Å². The van der Waals surface area contributed by atoms with E-state index in [1.165, 1.54) is 0 Å². The van der Waals surface area contributed by atoms with Gasteiger partial charge in [-0.25, -0.2) is 9.59 Å². The van der Waals surface area contributed by atoms with Gasteiger partial charge in [0, 0.05) is 0 Å². The molecule has 1 atom stereocenters. The van der Waals surface area contributed by atoms with E-state index in [-0.39, 0.29) is 19.8 Å². The number of carbonyl (C=O) groups is 2. The molecule has 0 saturated heterocycles. The highest BCUT2D eigenvalue weighted by atomic mass is 28.4. The van der Waals surface area contributed by atoms with E-state index in [4.69, 9.17) is 23.4 Å². The van der Waals surface area contributed by atoms with Crippen LogP contribution in [0.4, 0.5) is 0 Å². The molecule has 1 aromatic rings. The number of rotatable bonds is 13. The quantitative estimate of drug-likeness (QED) is 0.193. The molecule has 31 heavy (non-hydrogen) atoms. The molecule has 0 radical (unpaired) electrons. The fraction of sp³-hybridized carbons (Fsp3) is 0.565. The van der Waals surface area contributed by atoms with Crippen molar-refractivity contribution >= 4 is 20.3 Å². The Balaban J connectivity index is 3.24. The van der Waals surface area contributed by atoms with Gasteiger partial charge < -0.3 is 23.4 Å². The molecular formula is C23H36O7Si. The second-order valence-corrected chi connectivity index (χ2v) is 12.3. The maximum atomic E-state index is 13.1. The number of hydrogen-bond acceptors (Lipinski definition) is 7. The first-order valence-corrected chi connectivity index (χ1v) is 13.9. The first kappa shape index (κ1) is 26.9. The molecule has 1 rings (SSSR count). The van der Waals surface area contributed by atoms with Gasteiger partial charge in [-0.1, -0.05) is 24.3 Å². The molecule has 0 unspecified atom stereocenters. The van der Waals surface area contributed by atoms with Crippen molar-refractivity contribution in [3.63, 3.8) is 0 Å². The van der Waals surface area contributed by atoms with E-state index in [2.05, 4.69) is 0 Å².